The van der Waals surface area contributed by atoms with Crippen LogP contribution in [0.1, 0.15) is 44.2 Å². The highest BCUT2D eigenvalue weighted by atomic mass is 16.5. The van der Waals surface area contributed by atoms with Crippen molar-refractivity contribution in [2.75, 3.05) is 6.54 Å². The third kappa shape index (κ3) is 5.57. The first-order valence-corrected chi connectivity index (χ1v) is 9.05. The largest absolute Gasteiger partial charge is 0.481 e. The summed E-state index contributed by atoms with van der Waals surface area (Å²) in [6.07, 6.45) is 1.12. The van der Waals surface area contributed by atoms with E-state index in [-0.39, 0.29) is 18.9 Å². The van der Waals surface area contributed by atoms with Crippen molar-refractivity contribution in [1.82, 2.24) is 5.32 Å². The van der Waals surface area contributed by atoms with Gasteiger partial charge in [0.05, 0.1) is 5.39 Å². The van der Waals surface area contributed by atoms with Crippen LogP contribution in [0.15, 0.2) is 27.4 Å². The number of carbonyl (C=O) groups excluding carboxylic acids is 1. The van der Waals surface area contributed by atoms with E-state index in [4.69, 9.17) is 14.3 Å². The van der Waals surface area contributed by atoms with E-state index in [2.05, 4.69) is 5.32 Å². The number of amides is 1. The average Bonchev–Trinajstić information content (AvgIpc) is 2.57. The van der Waals surface area contributed by atoms with E-state index in [9.17, 15) is 14.4 Å². The summed E-state index contributed by atoms with van der Waals surface area (Å²) in [5.74, 6) is -0.736. The van der Waals surface area contributed by atoms with Crippen molar-refractivity contribution < 1.29 is 23.8 Å². The van der Waals surface area contributed by atoms with Crippen LogP contribution < -0.4 is 15.7 Å². The van der Waals surface area contributed by atoms with Gasteiger partial charge in [0.15, 0.2) is 6.10 Å². The molecule has 1 amide bonds. The lowest BCUT2D eigenvalue weighted by molar-refractivity contribution is -0.137. The van der Waals surface area contributed by atoms with Crippen molar-refractivity contribution in [3.8, 4) is 5.75 Å². The summed E-state index contributed by atoms with van der Waals surface area (Å²) in [5.41, 5.74) is 1.71. The lowest BCUT2D eigenvalue weighted by Crippen LogP contribution is -2.37. The second kappa shape index (κ2) is 9.21. The van der Waals surface area contributed by atoms with Gasteiger partial charge in [0.25, 0.3) is 5.91 Å². The maximum absolute atomic E-state index is 12.2. The van der Waals surface area contributed by atoms with Crippen LogP contribution in [0, 0.1) is 6.92 Å². The average molecular weight is 375 g/mol. The maximum Gasteiger partial charge on any atom is 0.336 e. The first-order chi connectivity index (χ1) is 12.8. The molecular formula is C20H25NO6. The molecule has 0 fully saturated rings. The van der Waals surface area contributed by atoms with Crippen LogP contribution in [0.4, 0.5) is 0 Å². The predicted molar refractivity (Wildman–Crippen MR) is 101 cm³/mol. The maximum atomic E-state index is 12.2. The molecule has 7 nitrogen and oxygen atoms in total. The predicted octanol–water partition coefficient (Wildman–Crippen LogP) is 2.80. The van der Waals surface area contributed by atoms with Crippen LogP contribution in [0.5, 0.6) is 5.75 Å². The molecule has 0 aliphatic rings. The molecule has 0 radical (unpaired) electrons. The summed E-state index contributed by atoms with van der Waals surface area (Å²) in [5, 5.41) is 12.0. The van der Waals surface area contributed by atoms with Gasteiger partial charge in [0.1, 0.15) is 11.3 Å². The van der Waals surface area contributed by atoms with Gasteiger partial charge in [-0.2, -0.15) is 0 Å². The Kier molecular flexibility index (Phi) is 6.98. The summed E-state index contributed by atoms with van der Waals surface area (Å²) in [7, 11) is 0. The Morgan fingerprint density at radius 1 is 1.30 bits per heavy atom. The van der Waals surface area contributed by atoms with Crippen LogP contribution in [0.2, 0.25) is 0 Å². The van der Waals surface area contributed by atoms with Crippen molar-refractivity contribution in [2.24, 2.45) is 0 Å². The minimum Gasteiger partial charge on any atom is -0.481 e. The number of hydrogen-bond acceptors (Lipinski definition) is 5. The smallest absolute Gasteiger partial charge is 0.336 e. The Hall–Kier alpha value is -2.83. The van der Waals surface area contributed by atoms with Crippen LogP contribution in [-0.4, -0.2) is 29.6 Å². The Bertz CT molecular complexity index is 886. The molecule has 2 aromatic rings. The van der Waals surface area contributed by atoms with Crippen molar-refractivity contribution in [1.29, 1.82) is 0 Å². The Labute approximate surface area is 157 Å². The molecule has 1 aromatic heterocycles. The van der Waals surface area contributed by atoms with Crippen molar-refractivity contribution in [2.45, 2.75) is 52.6 Å². The highest BCUT2D eigenvalue weighted by molar-refractivity contribution is 5.88. The zero-order valence-electron chi connectivity index (χ0n) is 15.8. The molecule has 7 heteroatoms. The van der Waals surface area contributed by atoms with Crippen LogP contribution in [-0.2, 0) is 16.0 Å². The molecule has 0 bridgehead atoms. The Morgan fingerprint density at radius 2 is 2.04 bits per heavy atom. The molecule has 0 aliphatic carbocycles. The third-order valence-corrected chi connectivity index (χ3v) is 4.09. The van der Waals surface area contributed by atoms with Crippen molar-refractivity contribution in [3.05, 3.63) is 39.7 Å². The van der Waals surface area contributed by atoms with E-state index in [1.54, 1.807) is 13.0 Å². The molecule has 0 saturated heterocycles. The van der Waals surface area contributed by atoms with Crippen LogP contribution in [0.3, 0.4) is 0 Å². The first kappa shape index (κ1) is 20.5. The van der Waals surface area contributed by atoms with Gasteiger partial charge in [-0.15, -0.1) is 0 Å². The van der Waals surface area contributed by atoms with E-state index in [0.717, 1.165) is 17.5 Å². The summed E-state index contributed by atoms with van der Waals surface area (Å²) < 4.78 is 11.2. The lowest BCUT2D eigenvalue weighted by atomic mass is 10.0. The van der Waals surface area contributed by atoms with Gasteiger partial charge in [-0.3, -0.25) is 9.59 Å². The van der Waals surface area contributed by atoms with Crippen LogP contribution >= 0.6 is 0 Å². The molecule has 146 valence electrons. The Balaban J connectivity index is 2.23. The SMILES string of the molecule is CCCc1cc(=O)oc2cc(C)cc(O[C@H](C)C(=O)NCCCC(=O)O)c12. The van der Waals surface area contributed by atoms with Crippen molar-refractivity contribution >= 4 is 22.8 Å². The number of fused-ring (bicyclic) bond motifs is 1. The zero-order valence-corrected chi connectivity index (χ0v) is 15.8. The molecule has 0 saturated carbocycles. The molecule has 0 unspecified atom stereocenters. The van der Waals surface area contributed by atoms with E-state index in [1.165, 1.54) is 6.07 Å². The standard InChI is InChI=1S/C20H25NO6/c1-4-6-14-11-18(24)27-16-10-12(2)9-15(19(14)16)26-13(3)20(25)21-8-5-7-17(22)23/h9-11,13H,4-8H2,1-3H3,(H,21,25)(H,22,23)/t13-/m1/s1. The molecule has 27 heavy (non-hydrogen) atoms. The second-order valence-electron chi connectivity index (χ2n) is 6.53. The van der Waals surface area contributed by atoms with Gasteiger partial charge < -0.3 is 19.6 Å². The first-order valence-electron chi connectivity index (χ1n) is 9.05. The fraction of sp³-hybridized carbons (Fsp3) is 0.450. The van der Waals surface area contributed by atoms with E-state index in [1.807, 2.05) is 19.9 Å². The number of ether oxygens (including phenoxy) is 1. The number of carboxylic acid groups (broad SMARTS) is 1. The minimum atomic E-state index is -0.898. The number of carboxylic acids is 1. The number of carbonyl (C=O) groups is 2. The molecule has 1 heterocycles. The highest BCUT2D eigenvalue weighted by Crippen LogP contribution is 2.31. The molecule has 2 N–H and O–H groups in total. The number of benzene rings is 1. The summed E-state index contributed by atoms with van der Waals surface area (Å²) >= 11 is 0. The third-order valence-electron chi connectivity index (χ3n) is 4.09. The minimum absolute atomic E-state index is 0.00253. The fourth-order valence-electron chi connectivity index (χ4n) is 2.87. The monoisotopic (exact) mass is 375 g/mol. The summed E-state index contributed by atoms with van der Waals surface area (Å²) in [4.78, 5) is 34.6. The van der Waals surface area contributed by atoms with E-state index in [0.29, 0.717) is 29.6 Å². The quantitative estimate of drug-likeness (QED) is 0.516. The molecular weight excluding hydrogens is 350 g/mol. The summed E-state index contributed by atoms with van der Waals surface area (Å²) in [6.45, 7) is 5.76. The van der Waals surface area contributed by atoms with Gasteiger partial charge in [0, 0.05) is 19.0 Å². The second-order valence-corrected chi connectivity index (χ2v) is 6.53. The molecule has 2 rings (SSSR count). The number of nitrogens with one attached hydrogen (secondary N) is 1. The van der Waals surface area contributed by atoms with Gasteiger partial charge in [-0.1, -0.05) is 13.3 Å². The fourth-order valence-corrected chi connectivity index (χ4v) is 2.87. The van der Waals surface area contributed by atoms with Gasteiger partial charge in [0.2, 0.25) is 0 Å². The molecule has 0 aliphatic heterocycles. The molecule has 1 atom stereocenters. The van der Waals surface area contributed by atoms with Crippen molar-refractivity contribution in [3.63, 3.8) is 0 Å². The Morgan fingerprint density at radius 3 is 2.70 bits per heavy atom. The zero-order chi connectivity index (χ0) is 20.0. The van der Waals surface area contributed by atoms with E-state index < -0.39 is 17.7 Å². The number of aryl methyl sites for hydroxylation is 2. The number of rotatable bonds is 9. The lowest BCUT2D eigenvalue weighted by Gasteiger charge is -2.17. The van der Waals surface area contributed by atoms with Gasteiger partial charge in [-0.05, 0) is 49.9 Å². The summed E-state index contributed by atoms with van der Waals surface area (Å²) in [6, 6.07) is 5.06. The number of hydrogen-bond donors (Lipinski definition) is 2. The van der Waals surface area contributed by atoms with Gasteiger partial charge >= 0.3 is 11.6 Å². The molecule has 0 spiro atoms. The van der Waals surface area contributed by atoms with E-state index >= 15 is 0 Å². The highest BCUT2D eigenvalue weighted by Gasteiger charge is 2.18. The number of aliphatic carboxylic acids is 1. The van der Waals surface area contributed by atoms with Crippen LogP contribution in [0.25, 0.3) is 11.0 Å². The topological polar surface area (TPSA) is 106 Å². The van der Waals surface area contributed by atoms with Gasteiger partial charge in [-0.25, -0.2) is 4.79 Å². The molecule has 1 aromatic carbocycles. The normalized spacial score (nSPS) is 12.0.